The quantitative estimate of drug-likeness (QED) is 0.254. The summed E-state index contributed by atoms with van der Waals surface area (Å²) < 4.78 is 25.8. The van der Waals surface area contributed by atoms with Gasteiger partial charge in [0, 0.05) is 26.3 Å². The molecule has 12 heteroatoms. The van der Waals surface area contributed by atoms with Crippen LogP contribution >= 0.6 is 0 Å². The van der Waals surface area contributed by atoms with E-state index in [4.69, 9.17) is 28.8 Å². The predicted octanol–water partition coefficient (Wildman–Crippen LogP) is 4.45. The molecule has 2 aromatic rings. The number of hydrogen-bond acceptors (Lipinski definition) is 9. The first-order valence-corrected chi connectivity index (χ1v) is 15.0. The Labute approximate surface area is 263 Å². The molecule has 0 aromatic heterocycles. The SMILES string of the molecule is COC(=O)[C@H]1C[C@@H](NC(=O)OCc2ccccc2)C[C@@H](OC)C1.CO[C@@H]1C[C@H](NC(=O)OCc2ccccc2)C[C@H](C(=O)O)C1. The number of benzene rings is 2. The smallest absolute Gasteiger partial charge is 0.407 e. The lowest BCUT2D eigenvalue weighted by Crippen LogP contribution is -2.44. The number of ether oxygens (including phenoxy) is 5. The molecule has 2 aliphatic carbocycles. The van der Waals surface area contributed by atoms with Crippen LogP contribution in [0.1, 0.15) is 49.7 Å². The molecule has 2 aromatic carbocycles. The second-order valence-corrected chi connectivity index (χ2v) is 11.2. The molecule has 6 atom stereocenters. The first-order chi connectivity index (χ1) is 21.7. The van der Waals surface area contributed by atoms with Crippen molar-refractivity contribution in [2.45, 2.75) is 76.0 Å². The van der Waals surface area contributed by atoms with Crippen molar-refractivity contribution in [2.24, 2.45) is 11.8 Å². The standard InChI is InChI=1S/C17H23NO5.C16H21NO5/c1-21-15-9-13(16(19)22-2)8-14(10-15)18-17(20)23-11-12-6-4-3-5-7-12;1-21-14-8-12(15(18)19)7-13(9-14)17-16(20)22-10-11-5-3-2-4-6-11/h3-7,13-15H,8-11H2,1-2H3,(H,18,20);2-6,12-14H,7-10H2,1H3,(H,17,20)(H,18,19)/t13-,14+,15-;12-,13+,14-/m00/s1. The van der Waals surface area contributed by atoms with E-state index in [1.54, 1.807) is 14.2 Å². The second-order valence-electron chi connectivity index (χ2n) is 11.2. The summed E-state index contributed by atoms with van der Waals surface area (Å²) in [5, 5.41) is 14.7. The van der Waals surface area contributed by atoms with Crippen LogP contribution in [0.25, 0.3) is 0 Å². The van der Waals surface area contributed by atoms with Crippen LogP contribution in [-0.4, -0.2) is 74.9 Å². The van der Waals surface area contributed by atoms with E-state index in [0.717, 1.165) is 11.1 Å². The van der Waals surface area contributed by atoms with Crippen LogP contribution in [0.15, 0.2) is 60.7 Å². The van der Waals surface area contributed by atoms with Crippen LogP contribution in [0.3, 0.4) is 0 Å². The molecule has 4 rings (SSSR count). The molecule has 12 nitrogen and oxygen atoms in total. The van der Waals surface area contributed by atoms with E-state index in [-0.39, 0.29) is 49.4 Å². The van der Waals surface area contributed by atoms with Crippen molar-refractivity contribution >= 4 is 24.1 Å². The predicted molar refractivity (Wildman–Crippen MR) is 163 cm³/mol. The number of esters is 1. The average Bonchev–Trinajstić information content (AvgIpc) is 3.06. The van der Waals surface area contributed by atoms with E-state index in [1.807, 2.05) is 60.7 Å². The van der Waals surface area contributed by atoms with Gasteiger partial charge in [0.1, 0.15) is 13.2 Å². The highest BCUT2D eigenvalue weighted by atomic mass is 16.6. The lowest BCUT2D eigenvalue weighted by molar-refractivity contribution is -0.148. The molecule has 2 aliphatic rings. The summed E-state index contributed by atoms with van der Waals surface area (Å²) >= 11 is 0. The molecule has 0 aliphatic heterocycles. The van der Waals surface area contributed by atoms with Crippen molar-refractivity contribution in [2.75, 3.05) is 21.3 Å². The Morgan fingerprint density at radius 2 is 1.07 bits per heavy atom. The van der Waals surface area contributed by atoms with Crippen LogP contribution in [-0.2, 0) is 46.5 Å². The van der Waals surface area contributed by atoms with Gasteiger partial charge in [0.05, 0.1) is 31.2 Å². The van der Waals surface area contributed by atoms with E-state index in [2.05, 4.69) is 10.6 Å². The number of rotatable bonds is 10. The Morgan fingerprint density at radius 1 is 0.644 bits per heavy atom. The maximum Gasteiger partial charge on any atom is 0.407 e. The van der Waals surface area contributed by atoms with Gasteiger partial charge < -0.3 is 39.4 Å². The Morgan fingerprint density at radius 3 is 1.47 bits per heavy atom. The topological polar surface area (TPSA) is 159 Å². The van der Waals surface area contributed by atoms with Crippen LogP contribution in [0, 0.1) is 11.8 Å². The van der Waals surface area contributed by atoms with Crippen LogP contribution in [0.4, 0.5) is 9.59 Å². The van der Waals surface area contributed by atoms with Gasteiger partial charge in [-0.2, -0.15) is 0 Å². The van der Waals surface area contributed by atoms with E-state index < -0.39 is 24.1 Å². The lowest BCUT2D eigenvalue weighted by atomic mass is 9.84. The highest BCUT2D eigenvalue weighted by Crippen LogP contribution is 2.28. The number of amides is 2. The van der Waals surface area contributed by atoms with Gasteiger partial charge in [-0.15, -0.1) is 0 Å². The Kier molecular flexibility index (Phi) is 14.6. The molecular formula is C33H44N2O10. The van der Waals surface area contributed by atoms with E-state index >= 15 is 0 Å². The van der Waals surface area contributed by atoms with Crippen molar-refractivity contribution in [3.63, 3.8) is 0 Å². The normalized spacial score (nSPS) is 24.2. The molecular weight excluding hydrogens is 584 g/mol. The molecule has 2 saturated carbocycles. The molecule has 0 heterocycles. The van der Waals surface area contributed by atoms with Gasteiger partial charge in [-0.25, -0.2) is 9.59 Å². The van der Waals surface area contributed by atoms with E-state index in [0.29, 0.717) is 38.5 Å². The molecule has 0 unspecified atom stereocenters. The van der Waals surface area contributed by atoms with Crippen molar-refractivity contribution in [1.29, 1.82) is 0 Å². The molecule has 2 amide bonds. The summed E-state index contributed by atoms with van der Waals surface area (Å²) in [5.41, 5.74) is 1.83. The van der Waals surface area contributed by atoms with Gasteiger partial charge in [0.25, 0.3) is 0 Å². The van der Waals surface area contributed by atoms with E-state index in [1.165, 1.54) is 7.11 Å². The van der Waals surface area contributed by atoms with Gasteiger partial charge in [-0.05, 0) is 49.7 Å². The molecule has 0 bridgehead atoms. The third-order valence-electron chi connectivity index (χ3n) is 7.95. The molecule has 0 spiro atoms. The first kappa shape index (κ1) is 35.3. The minimum atomic E-state index is -0.855. The zero-order valence-electron chi connectivity index (χ0n) is 26.0. The number of alkyl carbamates (subject to hydrolysis) is 2. The molecule has 45 heavy (non-hydrogen) atoms. The van der Waals surface area contributed by atoms with Crippen LogP contribution in [0.5, 0.6) is 0 Å². The fraction of sp³-hybridized carbons (Fsp3) is 0.515. The average molecular weight is 629 g/mol. The summed E-state index contributed by atoms with van der Waals surface area (Å²) in [7, 11) is 4.53. The summed E-state index contributed by atoms with van der Waals surface area (Å²) in [6.07, 6.45) is 2.02. The van der Waals surface area contributed by atoms with Crippen molar-refractivity contribution in [3.8, 4) is 0 Å². The fourth-order valence-electron chi connectivity index (χ4n) is 5.58. The van der Waals surface area contributed by atoms with Crippen molar-refractivity contribution in [1.82, 2.24) is 10.6 Å². The van der Waals surface area contributed by atoms with Crippen molar-refractivity contribution < 1.29 is 48.0 Å². The number of methoxy groups -OCH3 is 3. The highest BCUT2D eigenvalue weighted by molar-refractivity contribution is 5.73. The minimum absolute atomic E-state index is 0.0766. The number of carbonyl (C=O) groups excluding carboxylic acids is 3. The fourth-order valence-corrected chi connectivity index (χ4v) is 5.58. The highest BCUT2D eigenvalue weighted by Gasteiger charge is 2.35. The summed E-state index contributed by atoms with van der Waals surface area (Å²) in [4.78, 5) is 46.7. The number of aliphatic carboxylic acids is 1. The van der Waals surface area contributed by atoms with Crippen LogP contribution in [0.2, 0.25) is 0 Å². The largest absolute Gasteiger partial charge is 0.481 e. The number of carbonyl (C=O) groups is 4. The lowest BCUT2D eigenvalue weighted by Gasteiger charge is -2.32. The minimum Gasteiger partial charge on any atom is -0.481 e. The maximum absolute atomic E-state index is 11.9. The zero-order valence-corrected chi connectivity index (χ0v) is 26.0. The molecule has 246 valence electrons. The summed E-state index contributed by atoms with van der Waals surface area (Å²) in [6.45, 7) is 0.406. The third-order valence-corrected chi connectivity index (χ3v) is 7.95. The molecule has 0 saturated heterocycles. The van der Waals surface area contributed by atoms with Crippen molar-refractivity contribution in [3.05, 3.63) is 71.8 Å². The third kappa shape index (κ3) is 12.4. The number of carboxylic acid groups (broad SMARTS) is 1. The van der Waals surface area contributed by atoms with Crippen LogP contribution < -0.4 is 10.6 Å². The molecule has 3 N–H and O–H groups in total. The van der Waals surface area contributed by atoms with Gasteiger partial charge in [0.15, 0.2) is 0 Å². The second kappa shape index (κ2) is 18.6. The Balaban J connectivity index is 0.000000246. The first-order valence-electron chi connectivity index (χ1n) is 15.0. The Hall–Kier alpha value is -4.16. The van der Waals surface area contributed by atoms with Gasteiger partial charge >= 0.3 is 24.1 Å². The molecule has 2 fully saturated rings. The number of hydrogen-bond donors (Lipinski definition) is 3. The monoisotopic (exact) mass is 628 g/mol. The Bertz CT molecular complexity index is 1210. The van der Waals surface area contributed by atoms with Gasteiger partial charge in [-0.3, -0.25) is 9.59 Å². The van der Waals surface area contributed by atoms with E-state index in [9.17, 15) is 19.2 Å². The zero-order chi connectivity index (χ0) is 32.6. The summed E-state index contributed by atoms with van der Waals surface area (Å²) in [6, 6.07) is 18.4. The van der Waals surface area contributed by atoms with Gasteiger partial charge in [0.2, 0.25) is 0 Å². The number of carboxylic acids is 1. The summed E-state index contributed by atoms with van der Waals surface area (Å²) in [5.74, 6) is -1.89. The maximum atomic E-state index is 11.9. The molecule has 0 radical (unpaired) electrons. The number of nitrogens with one attached hydrogen (secondary N) is 2. The van der Waals surface area contributed by atoms with Gasteiger partial charge in [-0.1, -0.05) is 60.7 Å².